The summed E-state index contributed by atoms with van der Waals surface area (Å²) in [5, 5.41) is 3.82. The molecule has 1 aromatic heterocycles. The lowest BCUT2D eigenvalue weighted by atomic mass is 9.90. The van der Waals surface area contributed by atoms with Crippen molar-refractivity contribution >= 4 is 40.5 Å². The number of nitrogens with zero attached hydrogens (tertiary/aromatic N) is 2. The number of unbranched alkanes of at least 4 members (excludes halogenated alkanes) is 1. The van der Waals surface area contributed by atoms with Crippen molar-refractivity contribution in [3.05, 3.63) is 78.9 Å². The molecule has 1 aliphatic carbocycles. The second-order valence-corrected chi connectivity index (χ2v) is 15.2. The van der Waals surface area contributed by atoms with Gasteiger partial charge in [0.05, 0.1) is 30.8 Å². The lowest BCUT2D eigenvalue weighted by molar-refractivity contribution is -0.152. The zero-order valence-corrected chi connectivity index (χ0v) is 30.2. The van der Waals surface area contributed by atoms with Gasteiger partial charge in [0, 0.05) is 40.7 Å². The molecule has 2 aliphatic heterocycles. The van der Waals surface area contributed by atoms with E-state index in [0.29, 0.717) is 25.0 Å². The van der Waals surface area contributed by atoms with Gasteiger partial charge in [0.2, 0.25) is 11.8 Å². The van der Waals surface area contributed by atoms with E-state index in [1.165, 1.54) is 6.92 Å². The molecule has 5 atom stereocenters. The van der Waals surface area contributed by atoms with Crippen molar-refractivity contribution in [2.45, 2.75) is 90.3 Å². The fourth-order valence-electron chi connectivity index (χ4n) is 7.34. The van der Waals surface area contributed by atoms with Crippen molar-refractivity contribution in [1.29, 1.82) is 0 Å². The second kappa shape index (κ2) is 14.8. The Morgan fingerprint density at radius 3 is 2.61 bits per heavy atom. The number of ether oxygens (including phenoxy) is 2. The largest absolute Gasteiger partial charge is 0.488 e. The Hall–Kier alpha value is -4.79. The summed E-state index contributed by atoms with van der Waals surface area (Å²) in [6, 6.07) is 16.9. The predicted molar refractivity (Wildman–Crippen MR) is 198 cm³/mol. The molecule has 2 fully saturated rings. The van der Waals surface area contributed by atoms with Gasteiger partial charge in [0.15, 0.2) is 5.78 Å². The minimum Gasteiger partial charge on any atom is -0.488 e. The van der Waals surface area contributed by atoms with Crippen LogP contribution < -0.4 is 10.1 Å². The molecular weight excluding hydrogens is 642 g/mol. The third kappa shape index (κ3) is 7.92. The van der Waals surface area contributed by atoms with Gasteiger partial charge >= 0.3 is 5.97 Å². The Labute approximate surface area is 300 Å². The Morgan fingerprint density at radius 1 is 1.12 bits per heavy atom. The summed E-state index contributed by atoms with van der Waals surface area (Å²) in [7, 11) is 0. The van der Waals surface area contributed by atoms with Gasteiger partial charge < -0.3 is 19.7 Å². The van der Waals surface area contributed by atoms with Gasteiger partial charge in [0.1, 0.15) is 23.4 Å². The first-order valence-corrected chi connectivity index (χ1v) is 18.2. The Balaban J connectivity index is 1.42. The molecule has 2 amide bonds. The highest BCUT2D eigenvalue weighted by Gasteiger charge is 2.58. The number of rotatable bonds is 8. The van der Waals surface area contributed by atoms with E-state index in [2.05, 4.69) is 24.0 Å². The summed E-state index contributed by atoms with van der Waals surface area (Å²) in [5.41, 5.74) is 2.06. The number of hydrogen-bond donors (Lipinski definition) is 1. The van der Waals surface area contributed by atoms with Crippen molar-refractivity contribution in [2.24, 2.45) is 17.3 Å². The number of allylic oxidation sites excluding steroid dienone is 1. The second-order valence-electron chi connectivity index (χ2n) is 15.2. The normalized spacial score (nSPS) is 26.8. The van der Waals surface area contributed by atoms with Gasteiger partial charge in [-0.05, 0) is 43.9 Å². The first kappa shape index (κ1) is 36.0. The topological polar surface area (TPSA) is 115 Å². The summed E-state index contributed by atoms with van der Waals surface area (Å²) in [4.78, 5) is 61.2. The fourth-order valence-corrected chi connectivity index (χ4v) is 7.34. The summed E-state index contributed by atoms with van der Waals surface area (Å²) in [5.74, 6) is -1.49. The van der Waals surface area contributed by atoms with Gasteiger partial charge in [-0.2, -0.15) is 0 Å². The first-order valence-electron chi connectivity index (χ1n) is 18.2. The molecule has 4 bridgehead atoms. The number of pyridine rings is 1. The number of Topliss-reactive ketones (excluding diaryl/α,β-unsaturated/α-hetero) is 1. The molecule has 3 aliphatic rings. The lowest BCUT2D eigenvalue weighted by Gasteiger charge is -2.29. The number of fused-ring (bicyclic) bond motifs is 3. The maximum absolute atomic E-state index is 14.5. The highest BCUT2D eigenvalue weighted by molar-refractivity contribution is 5.98. The number of hydrogen-bond acceptors (Lipinski definition) is 7. The molecule has 268 valence electrons. The molecule has 51 heavy (non-hydrogen) atoms. The molecule has 0 unspecified atom stereocenters. The number of benzene rings is 2. The minimum atomic E-state index is -1.02. The highest BCUT2D eigenvalue weighted by Crippen LogP contribution is 2.45. The number of amides is 2. The zero-order valence-electron chi connectivity index (χ0n) is 30.2. The summed E-state index contributed by atoms with van der Waals surface area (Å²) in [6.07, 6.45) is 8.65. The van der Waals surface area contributed by atoms with Crippen LogP contribution in [0.1, 0.15) is 78.2 Å². The first-order chi connectivity index (χ1) is 24.4. The molecule has 9 nitrogen and oxygen atoms in total. The summed E-state index contributed by atoms with van der Waals surface area (Å²) in [6.45, 7) is 11.8. The molecule has 9 heteroatoms. The van der Waals surface area contributed by atoms with Crippen molar-refractivity contribution in [3.63, 3.8) is 0 Å². The maximum Gasteiger partial charge on any atom is 0.306 e. The van der Waals surface area contributed by atoms with Crippen molar-refractivity contribution in [1.82, 2.24) is 15.2 Å². The van der Waals surface area contributed by atoms with E-state index in [-0.39, 0.29) is 49.0 Å². The average Bonchev–Trinajstić information content (AvgIpc) is 3.68. The number of carbonyl (C=O) groups excluding carboxylic acids is 4. The molecule has 0 radical (unpaired) electrons. The number of nitrogens with one attached hydrogen (secondary N) is 1. The van der Waals surface area contributed by atoms with E-state index in [4.69, 9.17) is 14.5 Å². The summed E-state index contributed by atoms with van der Waals surface area (Å²) < 4.78 is 12.6. The molecule has 2 aromatic carbocycles. The smallest absolute Gasteiger partial charge is 0.306 e. The zero-order chi connectivity index (χ0) is 36.3. The van der Waals surface area contributed by atoms with Crippen LogP contribution in [0.3, 0.4) is 0 Å². The van der Waals surface area contributed by atoms with E-state index in [0.717, 1.165) is 40.6 Å². The molecule has 1 N–H and O–H groups in total. The molecule has 3 aromatic rings. The van der Waals surface area contributed by atoms with Crippen LogP contribution in [0.4, 0.5) is 0 Å². The number of cyclic esters (lactones) is 1. The highest BCUT2D eigenvalue weighted by atomic mass is 16.5. The van der Waals surface area contributed by atoms with Crippen LogP contribution in [0.5, 0.6) is 5.75 Å². The third-order valence-corrected chi connectivity index (χ3v) is 10.6. The van der Waals surface area contributed by atoms with Crippen molar-refractivity contribution < 1.29 is 28.7 Å². The van der Waals surface area contributed by atoms with E-state index < -0.39 is 35.5 Å². The fraction of sp³-hybridized carbons (Fsp3) is 0.452. The average molecular weight is 692 g/mol. The van der Waals surface area contributed by atoms with Gasteiger partial charge in [0.25, 0.3) is 0 Å². The molecule has 1 saturated carbocycles. The van der Waals surface area contributed by atoms with Crippen LogP contribution in [0.2, 0.25) is 0 Å². The molecule has 3 heterocycles. The van der Waals surface area contributed by atoms with E-state index in [9.17, 15) is 19.2 Å². The lowest BCUT2D eigenvalue weighted by Crippen LogP contribution is -2.53. The Kier molecular flexibility index (Phi) is 10.5. The number of esters is 1. The Bertz CT molecular complexity index is 1850. The van der Waals surface area contributed by atoms with Crippen LogP contribution in [0.15, 0.2) is 73.3 Å². The maximum atomic E-state index is 14.5. The number of ketones is 1. The van der Waals surface area contributed by atoms with E-state index in [1.807, 2.05) is 75.4 Å². The van der Waals surface area contributed by atoms with Crippen LogP contribution >= 0.6 is 0 Å². The molecular formula is C42H49N3O6. The molecule has 1 saturated heterocycles. The Morgan fingerprint density at radius 2 is 1.90 bits per heavy atom. The van der Waals surface area contributed by atoms with Crippen LogP contribution in [-0.2, 0) is 23.9 Å². The van der Waals surface area contributed by atoms with E-state index in [1.54, 1.807) is 11.0 Å². The van der Waals surface area contributed by atoms with Crippen LogP contribution in [0, 0.1) is 17.3 Å². The van der Waals surface area contributed by atoms with Crippen LogP contribution in [0.25, 0.3) is 28.2 Å². The minimum absolute atomic E-state index is 0.0764. The summed E-state index contributed by atoms with van der Waals surface area (Å²) >= 11 is 0. The standard InChI is InChI=1S/C42H49N3O6/c1-6-8-14-30-21-38(47)50-26-41(4,5)19-12-13-28-17-18-34-33(20-28)37(23-35(43-34)29-15-10-9-11-16-29)51-32-22-36(45(25-32)40(30)49)39(48)44-42(27(3)46)24-31(42)7-2/h7,9-13,15-18,20,23,30-32,36H,2,6,8,14,19,21-22,24-26H2,1,3-5H3,(H,44,48)/b13-12+/t30-,31-,32-,36+,42+/m1/s1. The monoisotopic (exact) mass is 691 g/mol. The number of aromatic nitrogens is 1. The number of carbonyl (C=O) groups is 4. The van der Waals surface area contributed by atoms with Gasteiger partial charge in [-0.3, -0.25) is 19.2 Å². The van der Waals surface area contributed by atoms with E-state index >= 15 is 0 Å². The molecule has 6 rings (SSSR count). The third-order valence-electron chi connectivity index (χ3n) is 10.6. The van der Waals surface area contributed by atoms with Crippen LogP contribution in [-0.4, -0.2) is 64.3 Å². The SMILES string of the molecule is C=C[C@@H]1C[C@]1(NC(=O)[C@@H]1C[C@@H]2CN1C(=O)[C@H](CCCC)CC(=O)OCC(C)(C)C/C=C/c1ccc3nc(-c4ccccc4)cc(c3c1)O2)C(C)=O. The quantitative estimate of drug-likeness (QED) is 0.198. The van der Waals surface area contributed by atoms with Gasteiger partial charge in [-0.1, -0.05) is 88.2 Å². The van der Waals surface area contributed by atoms with Gasteiger partial charge in [-0.15, -0.1) is 6.58 Å². The predicted octanol–water partition coefficient (Wildman–Crippen LogP) is 7.08. The van der Waals surface area contributed by atoms with Crippen molar-refractivity contribution in [2.75, 3.05) is 13.2 Å². The van der Waals surface area contributed by atoms with Gasteiger partial charge in [-0.25, -0.2) is 4.98 Å². The van der Waals surface area contributed by atoms with Crippen molar-refractivity contribution in [3.8, 4) is 17.0 Å². The molecule has 0 spiro atoms.